The van der Waals surface area contributed by atoms with E-state index in [1.165, 1.54) is 0 Å². The predicted molar refractivity (Wildman–Crippen MR) is 107 cm³/mol. The maximum atomic E-state index is 11.5. The molecule has 27 heavy (non-hydrogen) atoms. The molecule has 5 heteroatoms. The van der Waals surface area contributed by atoms with Gasteiger partial charge in [0.25, 0.3) is 5.91 Å². The Morgan fingerprint density at radius 2 is 1.59 bits per heavy atom. The topological polar surface area (TPSA) is 56.8 Å². The SMILES string of the molecule is CCNC(=O)COc1ccc2cc(-c3c(OC)cccc3OC)ccc2c1. The first-order valence-electron chi connectivity index (χ1n) is 8.81. The van der Waals surface area contributed by atoms with Gasteiger partial charge in [-0.25, -0.2) is 0 Å². The fraction of sp³-hybridized carbons (Fsp3) is 0.227. The van der Waals surface area contributed by atoms with Gasteiger partial charge in [0.05, 0.1) is 19.8 Å². The summed E-state index contributed by atoms with van der Waals surface area (Å²) in [5.74, 6) is 2.05. The van der Waals surface area contributed by atoms with Gasteiger partial charge in [-0.15, -0.1) is 0 Å². The van der Waals surface area contributed by atoms with E-state index < -0.39 is 0 Å². The van der Waals surface area contributed by atoms with E-state index in [0.717, 1.165) is 33.4 Å². The van der Waals surface area contributed by atoms with Gasteiger partial charge >= 0.3 is 0 Å². The number of benzene rings is 3. The first-order chi connectivity index (χ1) is 13.2. The highest BCUT2D eigenvalue weighted by Crippen LogP contribution is 2.39. The summed E-state index contributed by atoms with van der Waals surface area (Å²) in [6.45, 7) is 2.48. The van der Waals surface area contributed by atoms with Gasteiger partial charge in [0.2, 0.25) is 0 Å². The molecule has 0 aliphatic carbocycles. The van der Waals surface area contributed by atoms with Gasteiger partial charge in [-0.05, 0) is 53.6 Å². The highest BCUT2D eigenvalue weighted by Gasteiger charge is 2.13. The third-order valence-electron chi connectivity index (χ3n) is 4.27. The zero-order chi connectivity index (χ0) is 19.2. The average Bonchev–Trinajstić information content (AvgIpc) is 2.71. The van der Waals surface area contributed by atoms with E-state index in [2.05, 4.69) is 11.4 Å². The van der Waals surface area contributed by atoms with Gasteiger partial charge in [-0.3, -0.25) is 4.79 Å². The number of methoxy groups -OCH3 is 2. The molecule has 0 spiro atoms. The molecule has 0 heterocycles. The van der Waals surface area contributed by atoms with Crippen molar-refractivity contribution in [3.8, 4) is 28.4 Å². The monoisotopic (exact) mass is 365 g/mol. The second-order valence-electron chi connectivity index (χ2n) is 6.00. The Balaban J connectivity index is 1.91. The second-order valence-corrected chi connectivity index (χ2v) is 6.00. The van der Waals surface area contributed by atoms with Crippen molar-refractivity contribution in [3.63, 3.8) is 0 Å². The molecule has 0 atom stereocenters. The molecular formula is C22H23NO4. The number of hydrogen-bond donors (Lipinski definition) is 1. The van der Waals surface area contributed by atoms with Crippen LogP contribution in [0.1, 0.15) is 6.92 Å². The highest BCUT2D eigenvalue weighted by atomic mass is 16.5. The molecule has 0 saturated heterocycles. The zero-order valence-corrected chi connectivity index (χ0v) is 15.7. The number of carbonyl (C=O) groups excluding carboxylic acids is 1. The Morgan fingerprint density at radius 1 is 0.926 bits per heavy atom. The van der Waals surface area contributed by atoms with E-state index in [-0.39, 0.29) is 12.5 Å². The van der Waals surface area contributed by atoms with Gasteiger partial charge in [0.1, 0.15) is 17.2 Å². The molecule has 0 radical (unpaired) electrons. The first-order valence-corrected chi connectivity index (χ1v) is 8.81. The summed E-state index contributed by atoms with van der Waals surface area (Å²) in [5.41, 5.74) is 1.92. The average molecular weight is 365 g/mol. The van der Waals surface area contributed by atoms with Crippen LogP contribution in [0.4, 0.5) is 0 Å². The maximum absolute atomic E-state index is 11.5. The molecule has 0 bridgehead atoms. The lowest BCUT2D eigenvalue weighted by atomic mass is 9.99. The minimum absolute atomic E-state index is 0.00977. The molecule has 3 aromatic rings. The third kappa shape index (κ3) is 4.14. The van der Waals surface area contributed by atoms with Crippen molar-refractivity contribution in [3.05, 3.63) is 54.6 Å². The molecule has 0 aromatic heterocycles. The Bertz CT molecular complexity index is 930. The van der Waals surface area contributed by atoms with Crippen LogP contribution in [-0.4, -0.2) is 33.3 Å². The quantitative estimate of drug-likeness (QED) is 0.687. The van der Waals surface area contributed by atoms with Crippen molar-refractivity contribution in [1.29, 1.82) is 0 Å². The van der Waals surface area contributed by atoms with Crippen LogP contribution in [0.5, 0.6) is 17.2 Å². The van der Waals surface area contributed by atoms with E-state index in [9.17, 15) is 4.79 Å². The van der Waals surface area contributed by atoms with E-state index in [1.54, 1.807) is 14.2 Å². The van der Waals surface area contributed by atoms with Gasteiger partial charge < -0.3 is 19.5 Å². The molecule has 0 aliphatic rings. The zero-order valence-electron chi connectivity index (χ0n) is 15.7. The van der Waals surface area contributed by atoms with Crippen molar-refractivity contribution in [2.24, 2.45) is 0 Å². The van der Waals surface area contributed by atoms with Crippen LogP contribution in [0.2, 0.25) is 0 Å². The Kier molecular flexibility index (Phi) is 5.81. The van der Waals surface area contributed by atoms with Crippen molar-refractivity contribution in [1.82, 2.24) is 5.32 Å². The summed E-state index contributed by atoms with van der Waals surface area (Å²) in [7, 11) is 3.30. The Labute approximate surface area is 158 Å². The first kappa shape index (κ1) is 18.6. The fourth-order valence-corrected chi connectivity index (χ4v) is 3.00. The van der Waals surface area contributed by atoms with E-state index in [0.29, 0.717) is 12.3 Å². The molecule has 5 nitrogen and oxygen atoms in total. The van der Waals surface area contributed by atoms with Gasteiger partial charge in [-0.2, -0.15) is 0 Å². The van der Waals surface area contributed by atoms with Crippen LogP contribution in [0.3, 0.4) is 0 Å². The molecule has 0 fully saturated rings. The number of carbonyl (C=O) groups is 1. The summed E-state index contributed by atoms with van der Waals surface area (Å²) in [4.78, 5) is 11.5. The summed E-state index contributed by atoms with van der Waals surface area (Å²) in [6.07, 6.45) is 0. The molecular weight excluding hydrogens is 342 g/mol. The molecule has 0 aliphatic heterocycles. The summed E-state index contributed by atoms with van der Waals surface area (Å²) in [5, 5.41) is 4.80. The molecule has 0 saturated carbocycles. The van der Waals surface area contributed by atoms with E-state index in [1.807, 2.05) is 55.5 Å². The standard InChI is InChI=1S/C22H23NO4/c1-4-23-21(24)14-27-18-11-10-15-12-17(9-8-16(15)13-18)22-19(25-2)6-5-7-20(22)26-3/h5-13H,4,14H2,1-3H3,(H,23,24). The highest BCUT2D eigenvalue weighted by molar-refractivity contribution is 5.90. The largest absolute Gasteiger partial charge is 0.496 e. The van der Waals surface area contributed by atoms with Gasteiger partial charge in [0.15, 0.2) is 6.61 Å². The number of amides is 1. The lowest BCUT2D eigenvalue weighted by Crippen LogP contribution is -2.28. The van der Waals surface area contributed by atoms with Crippen molar-refractivity contribution < 1.29 is 19.0 Å². The van der Waals surface area contributed by atoms with E-state index >= 15 is 0 Å². The number of rotatable bonds is 7. The normalized spacial score (nSPS) is 10.5. The molecule has 140 valence electrons. The van der Waals surface area contributed by atoms with Crippen LogP contribution in [0.25, 0.3) is 21.9 Å². The van der Waals surface area contributed by atoms with Crippen LogP contribution in [-0.2, 0) is 4.79 Å². The third-order valence-corrected chi connectivity index (χ3v) is 4.27. The van der Waals surface area contributed by atoms with E-state index in [4.69, 9.17) is 14.2 Å². The van der Waals surface area contributed by atoms with Crippen molar-refractivity contribution in [2.75, 3.05) is 27.4 Å². The van der Waals surface area contributed by atoms with Crippen LogP contribution < -0.4 is 19.5 Å². The molecule has 3 rings (SSSR count). The fourth-order valence-electron chi connectivity index (χ4n) is 3.00. The second kappa shape index (κ2) is 8.45. The number of nitrogens with one attached hydrogen (secondary N) is 1. The number of hydrogen-bond acceptors (Lipinski definition) is 4. The maximum Gasteiger partial charge on any atom is 0.257 e. The molecule has 0 unspecified atom stereocenters. The van der Waals surface area contributed by atoms with Crippen molar-refractivity contribution >= 4 is 16.7 Å². The van der Waals surface area contributed by atoms with Gasteiger partial charge in [-0.1, -0.05) is 24.3 Å². The predicted octanol–water partition coefficient (Wildman–Crippen LogP) is 4.04. The smallest absolute Gasteiger partial charge is 0.257 e. The molecule has 1 N–H and O–H groups in total. The van der Waals surface area contributed by atoms with Gasteiger partial charge in [0, 0.05) is 6.54 Å². The Morgan fingerprint density at radius 3 is 2.26 bits per heavy atom. The lowest BCUT2D eigenvalue weighted by molar-refractivity contribution is -0.122. The summed E-state index contributed by atoms with van der Waals surface area (Å²) >= 11 is 0. The Hall–Kier alpha value is -3.21. The molecule has 1 amide bonds. The summed E-state index contributed by atoms with van der Waals surface area (Å²) in [6, 6.07) is 17.6. The summed E-state index contributed by atoms with van der Waals surface area (Å²) < 4.78 is 16.6. The lowest BCUT2D eigenvalue weighted by Gasteiger charge is -2.14. The number of ether oxygens (including phenoxy) is 3. The molecule has 3 aromatic carbocycles. The minimum atomic E-state index is -0.129. The van der Waals surface area contributed by atoms with Crippen molar-refractivity contribution in [2.45, 2.75) is 6.92 Å². The number of fused-ring (bicyclic) bond motifs is 1. The van der Waals surface area contributed by atoms with Crippen LogP contribution in [0.15, 0.2) is 54.6 Å². The minimum Gasteiger partial charge on any atom is -0.496 e. The number of likely N-dealkylation sites (N-methyl/N-ethyl adjacent to an activating group) is 1. The van der Waals surface area contributed by atoms with Crippen LogP contribution in [0, 0.1) is 0 Å². The van der Waals surface area contributed by atoms with Crippen LogP contribution >= 0.6 is 0 Å².